The number of hydrogen-bond acceptors (Lipinski definition) is 5. The van der Waals surface area contributed by atoms with Gasteiger partial charge in [-0.25, -0.2) is 0 Å². The summed E-state index contributed by atoms with van der Waals surface area (Å²) in [6.07, 6.45) is 7.23. The lowest BCUT2D eigenvalue weighted by molar-refractivity contribution is -0.149. The van der Waals surface area contributed by atoms with Crippen LogP contribution in [0.2, 0.25) is 0 Å². The quantitative estimate of drug-likeness (QED) is 0.540. The van der Waals surface area contributed by atoms with Gasteiger partial charge in [0.1, 0.15) is 11.6 Å². The van der Waals surface area contributed by atoms with Gasteiger partial charge in [0.25, 0.3) is 0 Å². The van der Waals surface area contributed by atoms with E-state index in [4.69, 9.17) is 0 Å². The summed E-state index contributed by atoms with van der Waals surface area (Å²) in [6.45, 7) is 5.32. The first-order chi connectivity index (χ1) is 18.1. The van der Waals surface area contributed by atoms with E-state index in [0.717, 1.165) is 81.4 Å². The second-order valence-corrected chi connectivity index (χ2v) is 10.8. The van der Waals surface area contributed by atoms with Gasteiger partial charge in [0.15, 0.2) is 0 Å². The first-order valence-electron chi connectivity index (χ1n) is 13.7. The van der Waals surface area contributed by atoms with E-state index >= 15 is 0 Å². The number of likely N-dealkylation sites (tertiary alicyclic amines) is 1. The Morgan fingerprint density at radius 2 is 1.73 bits per heavy atom. The number of nitrogens with zero attached hydrogens (tertiary/aromatic N) is 4. The second-order valence-electron chi connectivity index (χ2n) is 10.8. The molecule has 2 saturated heterocycles. The molecule has 1 aromatic heterocycles. The van der Waals surface area contributed by atoms with Crippen LogP contribution in [0.5, 0.6) is 0 Å². The van der Waals surface area contributed by atoms with Gasteiger partial charge in [-0.1, -0.05) is 49.2 Å². The van der Waals surface area contributed by atoms with Gasteiger partial charge in [-0.15, -0.1) is 0 Å². The van der Waals surface area contributed by atoms with E-state index < -0.39 is 11.6 Å². The average molecular weight is 501 g/mol. The summed E-state index contributed by atoms with van der Waals surface area (Å²) >= 11 is 0. The minimum atomic E-state index is -0.466. The van der Waals surface area contributed by atoms with Gasteiger partial charge >= 0.3 is 0 Å². The van der Waals surface area contributed by atoms with Crippen LogP contribution in [0.1, 0.15) is 44.1 Å². The summed E-state index contributed by atoms with van der Waals surface area (Å²) < 4.78 is 0. The van der Waals surface area contributed by atoms with Gasteiger partial charge in [0, 0.05) is 44.7 Å². The standard InChI is InChI=1S/C29H36N6O2/c36-27(31-24-10-6-11-25-23(24)20-30-32-25)26-12-7-15-35(26)28(37)29(13-4-5-14-29)34-18-16-33(17-19-34)21-22-8-2-1-3-9-22/h1-3,6,8-11,20,26H,4-5,7,12-19,21H2,(H,30,32)(H,31,36)/t26-/m1/s1. The average Bonchev–Trinajstić information content (AvgIpc) is 3.71. The first kappa shape index (κ1) is 24.1. The van der Waals surface area contributed by atoms with Crippen molar-refractivity contribution in [3.05, 3.63) is 60.3 Å². The fraction of sp³-hybridized carbons (Fsp3) is 0.483. The molecule has 3 aromatic rings. The van der Waals surface area contributed by atoms with Crippen molar-refractivity contribution in [1.82, 2.24) is 24.9 Å². The second kappa shape index (κ2) is 10.3. The molecule has 6 rings (SSSR count). The highest BCUT2D eigenvalue weighted by atomic mass is 16.2. The summed E-state index contributed by atoms with van der Waals surface area (Å²) in [5.74, 6) is 0.0704. The summed E-state index contributed by atoms with van der Waals surface area (Å²) in [4.78, 5) is 34.5. The maximum atomic E-state index is 14.3. The Kier molecular flexibility index (Phi) is 6.69. The molecule has 0 radical (unpaired) electrons. The van der Waals surface area contributed by atoms with Gasteiger partial charge in [0.2, 0.25) is 11.8 Å². The molecule has 3 heterocycles. The number of fused-ring (bicyclic) bond motifs is 1. The molecule has 0 bridgehead atoms. The summed E-state index contributed by atoms with van der Waals surface area (Å²) in [5.41, 5.74) is 2.49. The van der Waals surface area contributed by atoms with E-state index in [0.29, 0.717) is 13.0 Å². The number of aromatic nitrogens is 2. The molecule has 194 valence electrons. The van der Waals surface area contributed by atoms with Crippen LogP contribution in [-0.4, -0.2) is 81.0 Å². The van der Waals surface area contributed by atoms with Crippen LogP contribution in [0.25, 0.3) is 10.9 Å². The van der Waals surface area contributed by atoms with Crippen LogP contribution in [0.15, 0.2) is 54.7 Å². The van der Waals surface area contributed by atoms with Gasteiger partial charge in [0.05, 0.1) is 17.4 Å². The lowest BCUT2D eigenvalue weighted by Gasteiger charge is -2.47. The highest BCUT2D eigenvalue weighted by Gasteiger charge is 2.51. The minimum absolute atomic E-state index is 0.0969. The number of aromatic amines is 1. The zero-order valence-electron chi connectivity index (χ0n) is 21.4. The molecule has 2 N–H and O–H groups in total. The van der Waals surface area contributed by atoms with Gasteiger partial charge in [-0.05, 0) is 43.4 Å². The fourth-order valence-corrected chi connectivity index (χ4v) is 6.64. The third-order valence-corrected chi connectivity index (χ3v) is 8.61. The number of anilines is 1. The largest absolute Gasteiger partial charge is 0.329 e. The van der Waals surface area contributed by atoms with Crippen molar-refractivity contribution in [1.29, 1.82) is 0 Å². The number of carbonyl (C=O) groups is 2. The molecule has 3 aliphatic rings. The lowest BCUT2D eigenvalue weighted by atomic mass is 9.91. The maximum absolute atomic E-state index is 14.3. The minimum Gasteiger partial charge on any atom is -0.329 e. The zero-order valence-corrected chi connectivity index (χ0v) is 21.4. The Balaban J connectivity index is 1.15. The predicted octanol–water partition coefficient (Wildman–Crippen LogP) is 3.62. The molecule has 2 amide bonds. The Bertz CT molecular complexity index is 1240. The van der Waals surface area contributed by atoms with Crippen molar-refractivity contribution in [2.75, 3.05) is 38.0 Å². The molecule has 37 heavy (non-hydrogen) atoms. The molecular weight excluding hydrogens is 464 g/mol. The molecule has 0 spiro atoms. The molecule has 8 nitrogen and oxygen atoms in total. The molecule has 2 aromatic carbocycles. The number of H-pyrrole nitrogens is 1. The molecular formula is C29H36N6O2. The Labute approximate surface area is 218 Å². The van der Waals surface area contributed by atoms with Crippen molar-refractivity contribution in [3.8, 4) is 0 Å². The number of carbonyl (C=O) groups excluding carboxylic acids is 2. The Morgan fingerprint density at radius 1 is 0.946 bits per heavy atom. The zero-order chi connectivity index (χ0) is 25.2. The summed E-state index contributed by atoms with van der Waals surface area (Å²) in [6, 6.07) is 15.9. The summed E-state index contributed by atoms with van der Waals surface area (Å²) in [5, 5.41) is 11.0. The van der Waals surface area contributed by atoms with Gasteiger partial charge in [-0.3, -0.25) is 24.5 Å². The number of piperazine rings is 1. The number of rotatable bonds is 6. The Morgan fingerprint density at radius 3 is 2.51 bits per heavy atom. The first-order valence-corrected chi connectivity index (χ1v) is 13.7. The SMILES string of the molecule is O=C(Nc1cccc2[nH]ncc12)[C@H]1CCCN1C(=O)C1(N2CCN(Cc3ccccc3)CC2)CCCC1. The van der Waals surface area contributed by atoms with Crippen LogP contribution in [0.4, 0.5) is 5.69 Å². The highest BCUT2D eigenvalue weighted by Crippen LogP contribution is 2.39. The number of nitrogens with one attached hydrogen (secondary N) is 2. The van der Waals surface area contributed by atoms with Crippen LogP contribution in [-0.2, 0) is 16.1 Å². The Hall–Kier alpha value is -3.23. The smallest absolute Gasteiger partial charge is 0.247 e. The third-order valence-electron chi connectivity index (χ3n) is 8.61. The topological polar surface area (TPSA) is 84.6 Å². The van der Waals surface area contributed by atoms with Crippen molar-refractivity contribution in [3.63, 3.8) is 0 Å². The van der Waals surface area contributed by atoms with E-state index in [1.54, 1.807) is 6.20 Å². The van der Waals surface area contributed by atoms with Crippen molar-refractivity contribution < 1.29 is 9.59 Å². The van der Waals surface area contributed by atoms with E-state index in [1.165, 1.54) is 5.56 Å². The van der Waals surface area contributed by atoms with E-state index in [-0.39, 0.29) is 11.8 Å². The lowest BCUT2D eigenvalue weighted by Crippen LogP contribution is -2.63. The van der Waals surface area contributed by atoms with E-state index in [9.17, 15) is 9.59 Å². The van der Waals surface area contributed by atoms with Crippen LogP contribution >= 0.6 is 0 Å². The molecule has 3 fully saturated rings. The monoisotopic (exact) mass is 500 g/mol. The molecule has 2 aliphatic heterocycles. The van der Waals surface area contributed by atoms with Crippen molar-refractivity contribution in [2.45, 2.75) is 56.7 Å². The normalized spacial score (nSPS) is 22.5. The molecule has 1 aliphatic carbocycles. The molecule has 8 heteroatoms. The highest BCUT2D eigenvalue weighted by molar-refractivity contribution is 6.04. The van der Waals surface area contributed by atoms with Gasteiger partial charge in [-0.2, -0.15) is 5.10 Å². The number of amides is 2. The van der Waals surface area contributed by atoms with Crippen LogP contribution in [0, 0.1) is 0 Å². The fourth-order valence-electron chi connectivity index (χ4n) is 6.64. The van der Waals surface area contributed by atoms with Crippen LogP contribution < -0.4 is 5.32 Å². The van der Waals surface area contributed by atoms with E-state index in [2.05, 4.69) is 55.6 Å². The number of hydrogen-bond donors (Lipinski definition) is 2. The molecule has 0 unspecified atom stereocenters. The molecule has 1 atom stereocenters. The predicted molar refractivity (Wildman–Crippen MR) is 144 cm³/mol. The van der Waals surface area contributed by atoms with Crippen LogP contribution in [0.3, 0.4) is 0 Å². The number of benzene rings is 2. The molecule has 1 saturated carbocycles. The van der Waals surface area contributed by atoms with Crippen molar-refractivity contribution in [2.24, 2.45) is 0 Å². The van der Waals surface area contributed by atoms with Gasteiger partial charge < -0.3 is 10.2 Å². The summed E-state index contributed by atoms with van der Waals surface area (Å²) in [7, 11) is 0. The maximum Gasteiger partial charge on any atom is 0.247 e. The third kappa shape index (κ3) is 4.64. The van der Waals surface area contributed by atoms with Crippen molar-refractivity contribution >= 4 is 28.4 Å². The van der Waals surface area contributed by atoms with E-state index in [1.807, 2.05) is 23.1 Å².